The molecule has 0 atom stereocenters. The Balaban J connectivity index is 2.11. The highest BCUT2D eigenvalue weighted by Gasteiger charge is 2.16. The molecule has 0 heteroatoms. The van der Waals surface area contributed by atoms with Gasteiger partial charge in [0.05, 0.1) is 0 Å². The number of hydrogen-bond donors (Lipinski definition) is 0. The lowest BCUT2D eigenvalue weighted by atomic mass is 9.82. The molecule has 0 aromatic rings. The summed E-state index contributed by atoms with van der Waals surface area (Å²) in [5, 5.41) is 0. The number of hydrogen-bond acceptors (Lipinski definition) is 0. The maximum Gasteiger partial charge on any atom is -0.00150 e. The van der Waals surface area contributed by atoms with Crippen molar-refractivity contribution in [2.24, 2.45) is 5.92 Å². The van der Waals surface area contributed by atoms with Crippen LogP contribution in [0.25, 0.3) is 0 Å². The predicted molar refractivity (Wildman–Crippen MR) is 71.3 cm³/mol. The van der Waals surface area contributed by atoms with Crippen LogP contribution in [-0.2, 0) is 0 Å². The molecule has 0 saturated heterocycles. The van der Waals surface area contributed by atoms with Crippen molar-refractivity contribution in [3.05, 3.63) is 46.6 Å². The molecule has 0 radical (unpaired) electrons. The molecule has 0 aromatic carbocycles. The monoisotopic (exact) mass is 214 g/mol. The zero-order chi connectivity index (χ0) is 11.5. The summed E-state index contributed by atoms with van der Waals surface area (Å²) in [4.78, 5) is 0. The fourth-order valence-corrected chi connectivity index (χ4v) is 2.47. The van der Waals surface area contributed by atoms with E-state index in [1.54, 1.807) is 11.1 Å². The molecule has 16 heavy (non-hydrogen) atoms. The Morgan fingerprint density at radius 3 is 1.50 bits per heavy atom. The summed E-state index contributed by atoms with van der Waals surface area (Å²) >= 11 is 0. The van der Waals surface area contributed by atoms with Gasteiger partial charge in [-0.2, -0.15) is 0 Å². The van der Waals surface area contributed by atoms with Gasteiger partial charge in [0.25, 0.3) is 0 Å². The molecular formula is C16H22. The van der Waals surface area contributed by atoms with Crippen LogP contribution < -0.4 is 0 Å². The first-order chi connectivity index (χ1) is 7.66. The van der Waals surface area contributed by atoms with Crippen LogP contribution in [-0.4, -0.2) is 0 Å². The second-order valence-corrected chi connectivity index (χ2v) is 5.23. The Hall–Kier alpha value is -1.04. The first-order valence-corrected chi connectivity index (χ1v) is 6.39. The Morgan fingerprint density at radius 1 is 0.750 bits per heavy atom. The van der Waals surface area contributed by atoms with E-state index in [4.69, 9.17) is 0 Å². The second-order valence-electron chi connectivity index (χ2n) is 5.23. The molecule has 0 nitrogen and oxygen atoms in total. The molecule has 0 amide bonds. The number of rotatable bonds is 2. The van der Waals surface area contributed by atoms with Crippen LogP contribution in [0.15, 0.2) is 46.6 Å². The van der Waals surface area contributed by atoms with E-state index in [9.17, 15) is 0 Å². The van der Waals surface area contributed by atoms with Gasteiger partial charge in [-0.05, 0) is 45.4 Å². The minimum absolute atomic E-state index is 0.647. The average Bonchev–Trinajstić information content (AvgIpc) is 2.30. The summed E-state index contributed by atoms with van der Waals surface area (Å²) in [6, 6.07) is 0. The highest BCUT2D eigenvalue weighted by Crippen LogP contribution is 2.32. The largest absolute Gasteiger partial charge is 0.0730 e. The van der Waals surface area contributed by atoms with Crippen LogP contribution in [0.1, 0.15) is 46.5 Å². The van der Waals surface area contributed by atoms with Gasteiger partial charge in [0.1, 0.15) is 0 Å². The zero-order valence-electron chi connectivity index (χ0n) is 10.7. The first-order valence-electron chi connectivity index (χ1n) is 6.39. The number of allylic oxidation sites excluding steroid dienone is 8. The van der Waals surface area contributed by atoms with Crippen molar-refractivity contribution in [2.75, 3.05) is 0 Å². The van der Waals surface area contributed by atoms with Crippen molar-refractivity contribution >= 4 is 0 Å². The minimum atomic E-state index is 0.647. The van der Waals surface area contributed by atoms with Gasteiger partial charge < -0.3 is 0 Å². The summed E-state index contributed by atoms with van der Waals surface area (Å²) < 4.78 is 0. The molecule has 0 fully saturated rings. The molecule has 0 N–H and O–H groups in total. The lowest BCUT2D eigenvalue weighted by Crippen LogP contribution is -2.07. The van der Waals surface area contributed by atoms with E-state index >= 15 is 0 Å². The topological polar surface area (TPSA) is 0 Å². The molecule has 0 heterocycles. The molecule has 0 bridgehead atoms. The van der Waals surface area contributed by atoms with Crippen molar-refractivity contribution in [3.8, 4) is 0 Å². The molecule has 0 spiro atoms. The summed E-state index contributed by atoms with van der Waals surface area (Å²) in [6.07, 6.45) is 14.3. The summed E-state index contributed by atoms with van der Waals surface area (Å²) in [5.74, 6) is 0.647. The molecule has 0 aliphatic heterocycles. The van der Waals surface area contributed by atoms with Gasteiger partial charge in [-0.3, -0.25) is 0 Å². The maximum atomic E-state index is 2.36. The first kappa shape index (κ1) is 11.4. The van der Waals surface area contributed by atoms with Crippen LogP contribution in [0.5, 0.6) is 0 Å². The Labute approximate surface area is 99.4 Å². The molecule has 2 aliphatic rings. The van der Waals surface area contributed by atoms with Crippen molar-refractivity contribution < 1.29 is 0 Å². The Bertz CT molecular complexity index is 350. The van der Waals surface area contributed by atoms with Gasteiger partial charge >= 0.3 is 0 Å². The van der Waals surface area contributed by atoms with E-state index in [0.717, 1.165) is 0 Å². The quantitative estimate of drug-likeness (QED) is 0.609. The molecule has 0 saturated carbocycles. The molecule has 2 aliphatic carbocycles. The van der Waals surface area contributed by atoms with E-state index in [1.807, 2.05) is 0 Å². The van der Waals surface area contributed by atoms with E-state index in [2.05, 4.69) is 45.1 Å². The summed E-state index contributed by atoms with van der Waals surface area (Å²) in [6.45, 7) is 6.81. The van der Waals surface area contributed by atoms with Gasteiger partial charge in [0, 0.05) is 0 Å². The Morgan fingerprint density at radius 2 is 1.19 bits per heavy atom. The van der Waals surface area contributed by atoms with Gasteiger partial charge in [-0.1, -0.05) is 53.5 Å². The van der Waals surface area contributed by atoms with Crippen LogP contribution in [0.2, 0.25) is 0 Å². The summed E-state index contributed by atoms with van der Waals surface area (Å²) in [5.41, 5.74) is 6.27. The molecule has 86 valence electrons. The average molecular weight is 214 g/mol. The van der Waals surface area contributed by atoms with Crippen molar-refractivity contribution in [1.29, 1.82) is 0 Å². The lowest BCUT2D eigenvalue weighted by Gasteiger charge is -2.23. The van der Waals surface area contributed by atoms with Crippen molar-refractivity contribution in [3.63, 3.8) is 0 Å². The van der Waals surface area contributed by atoms with E-state index in [1.165, 1.54) is 36.8 Å². The summed E-state index contributed by atoms with van der Waals surface area (Å²) in [7, 11) is 0. The van der Waals surface area contributed by atoms with Crippen LogP contribution in [0.4, 0.5) is 0 Å². The van der Waals surface area contributed by atoms with Gasteiger partial charge in [0.15, 0.2) is 0 Å². The molecule has 0 aromatic heterocycles. The third-order valence-electron chi connectivity index (χ3n) is 3.89. The zero-order valence-corrected chi connectivity index (χ0v) is 10.7. The van der Waals surface area contributed by atoms with E-state index in [0.29, 0.717) is 5.92 Å². The third kappa shape index (κ3) is 2.55. The van der Waals surface area contributed by atoms with E-state index < -0.39 is 0 Å². The van der Waals surface area contributed by atoms with E-state index in [-0.39, 0.29) is 0 Å². The molecule has 2 rings (SSSR count). The van der Waals surface area contributed by atoms with Crippen LogP contribution in [0, 0.1) is 5.92 Å². The third-order valence-corrected chi connectivity index (χ3v) is 3.89. The fourth-order valence-electron chi connectivity index (χ4n) is 2.47. The molecule has 0 unspecified atom stereocenters. The van der Waals surface area contributed by atoms with Crippen LogP contribution >= 0.6 is 0 Å². The maximum absolute atomic E-state index is 2.36. The smallest absolute Gasteiger partial charge is 0.00150 e. The predicted octanol–water partition coefficient (Wildman–Crippen LogP) is 4.96. The van der Waals surface area contributed by atoms with Gasteiger partial charge in [-0.15, -0.1) is 0 Å². The SMILES string of the molecule is CC1=CC=C(C(C)C2=CC=C(C)CC2)CC1. The van der Waals surface area contributed by atoms with Crippen LogP contribution in [0.3, 0.4) is 0 Å². The van der Waals surface area contributed by atoms with Gasteiger partial charge in [-0.25, -0.2) is 0 Å². The lowest BCUT2D eigenvalue weighted by molar-refractivity contribution is 0.679. The van der Waals surface area contributed by atoms with Crippen molar-refractivity contribution in [1.82, 2.24) is 0 Å². The van der Waals surface area contributed by atoms with Gasteiger partial charge in [0.2, 0.25) is 0 Å². The fraction of sp³-hybridized carbons (Fsp3) is 0.500. The second kappa shape index (κ2) is 4.86. The molecular weight excluding hydrogens is 192 g/mol. The van der Waals surface area contributed by atoms with Crippen molar-refractivity contribution in [2.45, 2.75) is 46.5 Å². The standard InChI is InChI=1S/C16H22/c1-12-4-8-15(9-5-12)14(3)16-10-6-13(2)7-11-16/h4,6,8,10,14H,5,7,9,11H2,1-3H3. The highest BCUT2D eigenvalue weighted by molar-refractivity contribution is 5.33. The highest BCUT2D eigenvalue weighted by atomic mass is 14.2. The minimum Gasteiger partial charge on any atom is -0.0730 e. The normalized spacial score (nSPS) is 21.2. The Kier molecular flexibility index (Phi) is 3.48.